The van der Waals surface area contributed by atoms with E-state index in [0.717, 1.165) is 36.4 Å². The van der Waals surface area contributed by atoms with Crippen molar-refractivity contribution in [2.24, 2.45) is 5.92 Å². The minimum Gasteiger partial charge on any atom is -0.383 e. The second kappa shape index (κ2) is 9.65. The quantitative estimate of drug-likeness (QED) is 0.545. The molecule has 0 aliphatic heterocycles. The van der Waals surface area contributed by atoms with E-state index in [1.54, 1.807) is 7.11 Å². The van der Waals surface area contributed by atoms with Gasteiger partial charge in [0, 0.05) is 30.1 Å². The van der Waals surface area contributed by atoms with Gasteiger partial charge in [-0.15, -0.1) is 11.8 Å². The number of nitrogens with one attached hydrogen (secondary N) is 1. The molecule has 0 saturated heterocycles. The van der Waals surface area contributed by atoms with Gasteiger partial charge in [0.05, 0.1) is 6.61 Å². The SMILES string of the molecule is COCCNCc1c(Cl)cccc1SCCC(C)C. The summed E-state index contributed by atoms with van der Waals surface area (Å²) in [7, 11) is 1.71. The number of thioether (sulfide) groups is 1. The predicted molar refractivity (Wildman–Crippen MR) is 85.2 cm³/mol. The first-order valence-electron chi connectivity index (χ1n) is 6.75. The Kier molecular flexibility index (Phi) is 8.55. The van der Waals surface area contributed by atoms with E-state index in [1.807, 2.05) is 23.9 Å². The molecular formula is C15H24ClNOS. The summed E-state index contributed by atoms with van der Waals surface area (Å²) in [5.41, 5.74) is 1.20. The fourth-order valence-electron chi connectivity index (χ4n) is 1.64. The Hall–Kier alpha value is -0.220. The first-order valence-corrected chi connectivity index (χ1v) is 8.11. The summed E-state index contributed by atoms with van der Waals surface area (Å²) in [5, 5.41) is 4.21. The molecule has 0 aromatic heterocycles. The van der Waals surface area contributed by atoms with Crippen LogP contribution in [0.3, 0.4) is 0 Å². The smallest absolute Gasteiger partial charge is 0.0587 e. The molecular weight excluding hydrogens is 278 g/mol. The van der Waals surface area contributed by atoms with Crippen LogP contribution in [0.4, 0.5) is 0 Å². The summed E-state index contributed by atoms with van der Waals surface area (Å²) >= 11 is 8.20. The lowest BCUT2D eigenvalue weighted by Crippen LogP contribution is -2.19. The molecule has 0 amide bonds. The van der Waals surface area contributed by atoms with Crippen molar-refractivity contribution in [3.05, 3.63) is 28.8 Å². The van der Waals surface area contributed by atoms with Crippen molar-refractivity contribution in [1.29, 1.82) is 0 Å². The van der Waals surface area contributed by atoms with E-state index in [1.165, 1.54) is 16.9 Å². The Morgan fingerprint density at radius 1 is 1.37 bits per heavy atom. The van der Waals surface area contributed by atoms with Crippen LogP contribution in [-0.2, 0) is 11.3 Å². The first kappa shape index (κ1) is 16.8. The molecule has 4 heteroatoms. The third kappa shape index (κ3) is 6.66. The molecule has 0 fully saturated rings. The van der Waals surface area contributed by atoms with Gasteiger partial charge in [-0.1, -0.05) is 31.5 Å². The van der Waals surface area contributed by atoms with E-state index < -0.39 is 0 Å². The molecule has 0 bridgehead atoms. The average Bonchev–Trinajstić information content (AvgIpc) is 2.36. The van der Waals surface area contributed by atoms with Crippen molar-refractivity contribution in [2.45, 2.75) is 31.7 Å². The zero-order chi connectivity index (χ0) is 14.1. The summed E-state index contributed by atoms with van der Waals surface area (Å²) in [4.78, 5) is 1.29. The fraction of sp³-hybridized carbons (Fsp3) is 0.600. The van der Waals surface area contributed by atoms with Gasteiger partial charge < -0.3 is 10.1 Å². The lowest BCUT2D eigenvalue weighted by molar-refractivity contribution is 0.199. The van der Waals surface area contributed by atoms with Crippen LogP contribution in [0.1, 0.15) is 25.8 Å². The third-order valence-corrected chi connectivity index (χ3v) is 4.30. The van der Waals surface area contributed by atoms with E-state index in [2.05, 4.69) is 25.2 Å². The van der Waals surface area contributed by atoms with Gasteiger partial charge in [-0.3, -0.25) is 0 Å². The molecule has 1 aromatic carbocycles. The number of methoxy groups -OCH3 is 1. The molecule has 1 rings (SSSR count). The summed E-state index contributed by atoms with van der Waals surface area (Å²) in [6, 6.07) is 6.14. The van der Waals surface area contributed by atoms with Gasteiger partial charge in [0.1, 0.15) is 0 Å². The van der Waals surface area contributed by atoms with Crippen LogP contribution in [0, 0.1) is 5.92 Å². The second-order valence-electron chi connectivity index (χ2n) is 4.92. The molecule has 108 valence electrons. The molecule has 0 atom stereocenters. The van der Waals surface area contributed by atoms with E-state index in [0.29, 0.717) is 0 Å². The minimum absolute atomic E-state index is 0.722. The van der Waals surface area contributed by atoms with E-state index >= 15 is 0 Å². The maximum atomic E-state index is 6.30. The van der Waals surface area contributed by atoms with Crippen LogP contribution < -0.4 is 5.32 Å². The van der Waals surface area contributed by atoms with Gasteiger partial charge in [-0.25, -0.2) is 0 Å². The van der Waals surface area contributed by atoms with E-state index in [4.69, 9.17) is 16.3 Å². The van der Waals surface area contributed by atoms with Crippen molar-refractivity contribution in [3.8, 4) is 0 Å². The molecule has 0 saturated carbocycles. The average molecular weight is 302 g/mol. The molecule has 0 radical (unpaired) electrons. The van der Waals surface area contributed by atoms with Crippen LogP contribution in [0.15, 0.2) is 23.1 Å². The first-order chi connectivity index (χ1) is 9.15. The zero-order valence-corrected chi connectivity index (χ0v) is 13.6. The van der Waals surface area contributed by atoms with Gasteiger partial charge in [-0.2, -0.15) is 0 Å². The van der Waals surface area contributed by atoms with Crippen molar-refractivity contribution >= 4 is 23.4 Å². The van der Waals surface area contributed by atoms with Gasteiger partial charge in [0.15, 0.2) is 0 Å². The Bertz CT molecular complexity index is 371. The summed E-state index contributed by atoms with van der Waals surface area (Å²) in [5.74, 6) is 1.89. The third-order valence-electron chi connectivity index (χ3n) is 2.81. The number of hydrogen-bond donors (Lipinski definition) is 1. The second-order valence-corrected chi connectivity index (χ2v) is 6.46. The monoisotopic (exact) mass is 301 g/mol. The van der Waals surface area contributed by atoms with Crippen LogP contribution in [0.2, 0.25) is 5.02 Å². The zero-order valence-electron chi connectivity index (χ0n) is 12.0. The number of hydrogen-bond acceptors (Lipinski definition) is 3. The Morgan fingerprint density at radius 3 is 2.84 bits per heavy atom. The molecule has 0 unspecified atom stereocenters. The molecule has 19 heavy (non-hydrogen) atoms. The van der Waals surface area contributed by atoms with Crippen molar-refractivity contribution in [3.63, 3.8) is 0 Å². The maximum absolute atomic E-state index is 6.30. The topological polar surface area (TPSA) is 21.3 Å². The summed E-state index contributed by atoms with van der Waals surface area (Å²) in [6.45, 7) is 6.88. The van der Waals surface area contributed by atoms with Crippen LogP contribution >= 0.6 is 23.4 Å². The van der Waals surface area contributed by atoms with Gasteiger partial charge in [0.25, 0.3) is 0 Å². The molecule has 0 heterocycles. The fourth-order valence-corrected chi connectivity index (χ4v) is 3.28. The highest BCUT2D eigenvalue weighted by molar-refractivity contribution is 7.99. The van der Waals surface area contributed by atoms with Crippen molar-refractivity contribution in [2.75, 3.05) is 26.0 Å². The van der Waals surface area contributed by atoms with Gasteiger partial charge in [0.2, 0.25) is 0 Å². The highest BCUT2D eigenvalue weighted by Gasteiger charge is 2.07. The van der Waals surface area contributed by atoms with Gasteiger partial charge >= 0.3 is 0 Å². The maximum Gasteiger partial charge on any atom is 0.0587 e. The van der Waals surface area contributed by atoms with E-state index in [-0.39, 0.29) is 0 Å². The number of ether oxygens (including phenoxy) is 1. The van der Waals surface area contributed by atoms with Crippen LogP contribution in [-0.4, -0.2) is 26.0 Å². The predicted octanol–water partition coefficient (Wildman–Crippen LogP) is 4.21. The molecule has 1 aromatic rings. The summed E-state index contributed by atoms with van der Waals surface area (Å²) in [6.07, 6.45) is 1.23. The highest BCUT2D eigenvalue weighted by Crippen LogP contribution is 2.29. The van der Waals surface area contributed by atoms with Gasteiger partial charge in [-0.05, 0) is 35.8 Å². The molecule has 0 aliphatic rings. The summed E-state index contributed by atoms with van der Waals surface area (Å²) < 4.78 is 5.03. The Labute approximate surface area is 126 Å². The lowest BCUT2D eigenvalue weighted by Gasteiger charge is -2.12. The number of halogens is 1. The van der Waals surface area contributed by atoms with Crippen LogP contribution in [0.25, 0.3) is 0 Å². The standard InChI is InChI=1S/C15H24ClNOS/c1-12(2)7-10-19-15-6-4-5-14(16)13(15)11-17-8-9-18-3/h4-6,12,17H,7-11H2,1-3H3. The molecule has 0 spiro atoms. The Balaban J connectivity index is 2.56. The largest absolute Gasteiger partial charge is 0.383 e. The molecule has 2 nitrogen and oxygen atoms in total. The molecule has 1 N–H and O–H groups in total. The van der Waals surface area contributed by atoms with Crippen molar-refractivity contribution < 1.29 is 4.74 Å². The molecule has 0 aliphatic carbocycles. The van der Waals surface area contributed by atoms with E-state index in [9.17, 15) is 0 Å². The lowest BCUT2D eigenvalue weighted by atomic mass is 10.2. The van der Waals surface area contributed by atoms with Crippen LogP contribution in [0.5, 0.6) is 0 Å². The minimum atomic E-state index is 0.722. The normalized spacial score (nSPS) is 11.2. The number of rotatable bonds is 9. The van der Waals surface area contributed by atoms with Crippen molar-refractivity contribution in [1.82, 2.24) is 5.32 Å². The number of benzene rings is 1. The highest BCUT2D eigenvalue weighted by atomic mass is 35.5. The Morgan fingerprint density at radius 2 is 2.16 bits per heavy atom.